The van der Waals surface area contributed by atoms with Crippen LogP contribution in [0, 0.1) is 5.41 Å². The molecule has 1 aromatic rings. The van der Waals surface area contributed by atoms with E-state index in [1.807, 2.05) is 18.2 Å². The van der Waals surface area contributed by atoms with Gasteiger partial charge >= 0.3 is 0 Å². The molecule has 0 aromatic heterocycles. The van der Waals surface area contributed by atoms with Crippen molar-refractivity contribution in [2.75, 3.05) is 33.8 Å². The van der Waals surface area contributed by atoms with Crippen LogP contribution in [0.15, 0.2) is 24.3 Å². The molecule has 0 aliphatic carbocycles. The van der Waals surface area contributed by atoms with Crippen molar-refractivity contribution in [1.82, 2.24) is 8.61 Å². The second-order valence-electron chi connectivity index (χ2n) is 6.19. The topological polar surface area (TPSA) is 60.9 Å². The maximum absolute atomic E-state index is 12.3. The Hall–Kier alpha value is -0.660. The van der Waals surface area contributed by atoms with Gasteiger partial charge in [-0.3, -0.25) is 0 Å². The summed E-state index contributed by atoms with van der Waals surface area (Å²) in [5.74, 6) is 0. The van der Waals surface area contributed by atoms with Crippen molar-refractivity contribution >= 4 is 21.8 Å². The molecular formula is C15H23ClN2O3S. The van der Waals surface area contributed by atoms with Gasteiger partial charge in [-0.15, -0.1) is 0 Å². The summed E-state index contributed by atoms with van der Waals surface area (Å²) in [4.78, 5) is 0. The molecule has 0 amide bonds. The second-order valence-corrected chi connectivity index (χ2v) is 8.77. The number of halogens is 1. The summed E-state index contributed by atoms with van der Waals surface area (Å²) in [6.07, 6.45) is 2.16. The molecule has 1 N–H and O–H groups in total. The Morgan fingerprint density at radius 1 is 1.41 bits per heavy atom. The van der Waals surface area contributed by atoms with Gasteiger partial charge in [0.1, 0.15) is 0 Å². The van der Waals surface area contributed by atoms with Crippen molar-refractivity contribution < 1.29 is 13.5 Å². The highest BCUT2D eigenvalue weighted by molar-refractivity contribution is 7.86. The average Bonchev–Trinajstić information content (AvgIpc) is 2.47. The summed E-state index contributed by atoms with van der Waals surface area (Å²) >= 11 is 6.02. The van der Waals surface area contributed by atoms with E-state index in [0.29, 0.717) is 24.5 Å². The van der Waals surface area contributed by atoms with E-state index in [-0.39, 0.29) is 6.61 Å². The van der Waals surface area contributed by atoms with E-state index < -0.39 is 15.6 Å². The lowest BCUT2D eigenvalue weighted by Crippen LogP contribution is -2.51. The molecule has 1 atom stereocenters. The molecule has 1 saturated heterocycles. The van der Waals surface area contributed by atoms with Crippen LogP contribution in [-0.4, -0.2) is 55.9 Å². The number of hydrogen-bond acceptors (Lipinski definition) is 3. The fourth-order valence-electron chi connectivity index (χ4n) is 3.00. The Morgan fingerprint density at radius 3 is 2.73 bits per heavy atom. The summed E-state index contributed by atoms with van der Waals surface area (Å²) < 4.78 is 27.4. The third kappa shape index (κ3) is 3.81. The Morgan fingerprint density at radius 2 is 2.14 bits per heavy atom. The second kappa shape index (κ2) is 6.84. The molecule has 1 aliphatic heterocycles. The van der Waals surface area contributed by atoms with Gasteiger partial charge in [0.15, 0.2) is 0 Å². The van der Waals surface area contributed by atoms with Crippen molar-refractivity contribution in [2.24, 2.45) is 5.41 Å². The van der Waals surface area contributed by atoms with E-state index in [1.165, 1.54) is 22.7 Å². The highest BCUT2D eigenvalue weighted by Gasteiger charge is 2.40. The Balaban J connectivity index is 2.22. The zero-order chi connectivity index (χ0) is 16.4. The third-order valence-electron chi connectivity index (χ3n) is 4.22. The van der Waals surface area contributed by atoms with E-state index in [4.69, 9.17) is 11.6 Å². The molecule has 1 aliphatic rings. The van der Waals surface area contributed by atoms with Crippen molar-refractivity contribution in [1.29, 1.82) is 0 Å². The Kier molecular flexibility index (Phi) is 5.50. The van der Waals surface area contributed by atoms with Gasteiger partial charge in [-0.25, -0.2) is 0 Å². The molecular weight excluding hydrogens is 324 g/mol. The third-order valence-corrected chi connectivity index (χ3v) is 6.34. The van der Waals surface area contributed by atoms with Gasteiger partial charge in [0.05, 0.1) is 6.61 Å². The monoisotopic (exact) mass is 346 g/mol. The molecule has 5 nitrogen and oxygen atoms in total. The fourth-order valence-corrected chi connectivity index (χ4v) is 4.47. The molecule has 1 unspecified atom stereocenters. The first kappa shape index (κ1) is 17.7. The minimum absolute atomic E-state index is 0.0427. The van der Waals surface area contributed by atoms with Crippen molar-refractivity contribution in [3.05, 3.63) is 34.9 Å². The van der Waals surface area contributed by atoms with Crippen molar-refractivity contribution in [3.63, 3.8) is 0 Å². The van der Waals surface area contributed by atoms with E-state index in [1.54, 1.807) is 6.07 Å². The number of aliphatic hydroxyl groups excluding tert-OH is 1. The molecule has 0 bridgehead atoms. The van der Waals surface area contributed by atoms with Gasteiger partial charge in [-0.05, 0) is 37.0 Å². The highest BCUT2D eigenvalue weighted by Crippen LogP contribution is 2.35. The van der Waals surface area contributed by atoms with Crippen LogP contribution in [0.4, 0.5) is 0 Å². The number of nitrogens with zero attached hydrogens (tertiary/aromatic N) is 2. The van der Waals surface area contributed by atoms with E-state index in [9.17, 15) is 13.5 Å². The molecule has 7 heteroatoms. The van der Waals surface area contributed by atoms with Gasteiger partial charge in [0, 0.05) is 37.6 Å². The zero-order valence-corrected chi connectivity index (χ0v) is 14.6. The first-order valence-electron chi connectivity index (χ1n) is 7.32. The van der Waals surface area contributed by atoms with Gasteiger partial charge in [0.25, 0.3) is 10.2 Å². The minimum atomic E-state index is -3.45. The molecule has 2 rings (SSSR count). The van der Waals surface area contributed by atoms with Gasteiger partial charge in [-0.1, -0.05) is 23.7 Å². The lowest BCUT2D eigenvalue weighted by Gasteiger charge is -2.42. The number of aliphatic hydroxyl groups is 1. The summed E-state index contributed by atoms with van der Waals surface area (Å²) in [7, 11) is -0.393. The quantitative estimate of drug-likeness (QED) is 0.883. The predicted molar refractivity (Wildman–Crippen MR) is 88.1 cm³/mol. The fraction of sp³-hybridized carbons (Fsp3) is 0.600. The minimum Gasteiger partial charge on any atom is -0.396 e. The highest BCUT2D eigenvalue weighted by atomic mass is 35.5. The van der Waals surface area contributed by atoms with Crippen LogP contribution in [0.3, 0.4) is 0 Å². The van der Waals surface area contributed by atoms with Gasteiger partial charge < -0.3 is 5.11 Å². The Labute approximate surface area is 137 Å². The zero-order valence-electron chi connectivity index (χ0n) is 13.0. The van der Waals surface area contributed by atoms with Crippen LogP contribution in [0.1, 0.15) is 18.4 Å². The molecule has 124 valence electrons. The normalized spacial score (nSPS) is 23.9. The predicted octanol–water partition coefficient (Wildman–Crippen LogP) is 1.76. The maximum atomic E-state index is 12.3. The summed E-state index contributed by atoms with van der Waals surface area (Å²) in [6.45, 7) is 0.785. The summed E-state index contributed by atoms with van der Waals surface area (Å²) in [5, 5.41) is 10.6. The molecule has 0 radical (unpaired) electrons. The molecule has 0 saturated carbocycles. The van der Waals surface area contributed by atoms with Crippen LogP contribution in [-0.2, 0) is 16.6 Å². The largest absolute Gasteiger partial charge is 0.396 e. The molecule has 1 heterocycles. The lowest BCUT2D eigenvalue weighted by molar-refractivity contribution is 0.0628. The SMILES string of the molecule is CN(C)S(=O)(=O)N1CCCC(CO)(Cc2cccc(Cl)c2)C1. The molecule has 0 spiro atoms. The number of benzene rings is 1. The van der Waals surface area contributed by atoms with Crippen LogP contribution in [0.25, 0.3) is 0 Å². The van der Waals surface area contributed by atoms with Crippen molar-refractivity contribution in [2.45, 2.75) is 19.3 Å². The van der Waals surface area contributed by atoms with Crippen LogP contribution >= 0.6 is 11.6 Å². The molecule has 1 fully saturated rings. The smallest absolute Gasteiger partial charge is 0.281 e. The first-order valence-corrected chi connectivity index (χ1v) is 9.09. The van der Waals surface area contributed by atoms with Crippen LogP contribution in [0.5, 0.6) is 0 Å². The van der Waals surface area contributed by atoms with E-state index >= 15 is 0 Å². The van der Waals surface area contributed by atoms with E-state index in [2.05, 4.69) is 0 Å². The van der Waals surface area contributed by atoms with Crippen molar-refractivity contribution in [3.8, 4) is 0 Å². The summed E-state index contributed by atoms with van der Waals surface area (Å²) in [5.41, 5.74) is 0.567. The standard InChI is InChI=1S/C15H23ClN2O3S/c1-17(2)22(20,21)18-8-4-7-15(11-18,12-19)10-13-5-3-6-14(16)9-13/h3,5-6,9,19H,4,7-8,10-12H2,1-2H3. The van der Waals surface area contributed by atoms with Crippen LogP contribution < -0.4 is 0 Å². The number of hydrogen-bond donors (Lipinski definition) is 1. The number of rotatable bonds is 5. The van der Waals surface area contributed by atoms with Crippen LogP contribution in [0.2, 0.25) is 5.02 Å². The van der Waals surface area contributed by atoms with Gasteiger partial charge in [-0.2, -0.15) is 17.0 Å². The molecule has 22 heavy (non-hydrogen) atoms. The molecule has 1 aromatic carbocycles. The Bertz CT molecular complexity index is 621. The number of piperidine rings is 1. The maximum Gasteiger partial charge on any atom is 0.281 e. The van der Waals surface area contributed by atoms with Gasteiger partial charge in [0.2, 0.25) is 0 Å². The average molecular weight is 347 g/mol. The van der Waals surface area contributed by atoms with E-state index in [0.717, 1.165) is 18.4 Å². The summed E-state index contributed by atoms with van der Waals surface area (Å²) in [6, 6.07) is 7.52. The lowest BCUT2D eigenvalue weighted by atomic mass is 9.76. The first-order chi connectivity index (χ1) is 10.3.